The van der Waals surface area contributed by atoms with Crippen molar-refractivity contribution in [3.05, 3.63) is 60.7 Å². The maximum Gasteiger partial charge on any atom is 0.139 e. The number of para-hydroxylation sites is 1. The molecule has 1 aromatic carbocycles. The van der Waals surface area contributed by atoms with E-state index in [4.69, 9.17) is 0 Å². The Hall–Kier alpha value is -2.49. The molecule has 0 aliphatic heterocycles. The first-order valence-corrected chi connectivity index (χ1v) is 6.14. The number of anilines is 1. The summed E-state index contributed by atoms with van der Waals surface area (Å²) < 4.78 is 0. The molecular formula is C15H14N4. The molecule has 4 heteroatoms. The molecule has 0 saturated heterocycles. The largest absolute Gasteiger partial charge is 0.355 e. The van der Waals surface area contributed by atoms with Gasteiger partial charge in [0.15, 0.2) is 0 Å². The van der Waals surface area contributed by atoms with Gasteiger partial charge in [0.05, 0.1) is 5.52 Å². The maximum absolute atomic E-state index is 4.40. The fraction of sp³-hybridized carbons (Fsp3) is 0.133. The van der Waals surface area contributed by atoms with Crippen molar-refractivity contribution in [2.45, 2.75) is 6.54 Å². The van der Waals surface area contributed by atoms with Crippen molar-refractivity contribution >= 4 is 16.7 Å². The summed E-state index contributed by atoms with van der Waals surface area (Å²) in [7, 11) is 2.03. The lowest BCUT2D eigenvalue weighted by molar-refractivity contribution is 0.894. The molecule has 0 aliphatic rings. The Labute approximate surface area is 111 Å². The van der Waals surface area contributed by atoms with Crippen molar-refractivity contribution in [2.24, 2.45) is 0 Å². The van der Waals surface area contributed by atoms with Gasteiger partial charge in [0.1, 0.15) is 12.1 Å². The lowest BCUT2D eigenvalue weighted by Gasteiger charge is -2.19. The zero-order valence-corrected chi connectivity index (χ0v) is 10.7. The first kappa shape index (κ1) is 11.6. The number of rotatable bonds is 3. The molecule has 94 valence electrons. The van der Waals surface area contributed by atoms with Crippen LogP contribution in [0.5, 0.6) is 0 Å². The van der Waals surface area contributed by atoms with E-state index in [1.807, 2.05) is 43.6 Å². The molecule has 3 rings (SSSR count). The van der Waals surface area contributed by atoms with E-state index in [-0.39, 0.29) is 0 Å². The fourth-order valence-electron chi connectivity index (χ4n) is 2.14. The van der Waals surface area contributed by atoms with Crippen LogP contribution in [0.3, 0.4) is 0 Å². The van der Waals surface area contributed by atoms with Gasteiger partial charge in [-0.25, -0.2) is 9.97 Å². The molecule has 0 saturated carbocycles. The van der Waals surface area contributed by atoms with Crippen molar-refractivity contribution in [3.63, 3.8) is 0 Å². The summed E-state index contributed by atoms with van der Waals surface area (Å²) in [6.45, 7) is 0.773. The third-order valence-electron chi connectivity index (χ3n) is 3.03. The van der Waals surface area contributed by atoms with Crippen molar-refractivity contribution in [1.29, 1.82) is 0 Å². The van der Waals surface area contributed by atoms with E-state index in [1.165, 1.54) is 0 Å². The van der Waals surface area contributed by atoms with E-state index in [0.29, 0.717) is 0 Å². The number of hydrogen-bond acceptors (Lipinski definition) is 4. The van der Waals surface area contributed by atoms with Gasteiger partial charge < -0.3 is 4.90 Å². The Morgan fingerprint density at radius 2 is 1.95 bits per heavy atom. The highest BCUT2D eigenvalue weighted by molar-refractivity contribution is 5.88. The molecule has 0 spiro atoms. The molecule has 0 radical (unpaired) electrons. The van der Waals surface area contributed by atoms with Crippen molar-refractivity contribution in [3.8, 4) is 0 Å². The zero-order valence-electron chi connectivity index (χ0n) is 10.7. The molecule has 0 N–H and O–H groups in total. The minimum absolute atomic E-state index is 0.773. The second-order valence-electron chi connectivity index (χ2n) is 4.43. The van der Waals surface area contributed by atoms with Gasteiger partial charge >= 0.3 is 0 Å². The quantitative estimate of drug-likeness (QED) is 0.716. The highest BCUT2D eigenvalue weighted by Gasteiger charge is 2.08. The van der Waals surface area contributed by atoms with Crippen LogP contribution in [0.25, 0.3) is 10.9 Å². The second-order valence-corrected chi connectivity index (χ2v) is 4.43. The molecule has 19 heavy (non-hydrogen) atoms. The summed E-state index contributed by atoms with van der Waals surface area (Å²) in [6, 6.07) is 12.0. The van der Waals surface area contributed by atoms with Gasteiger partial charge in [-0.3, -0.25) is 4.98 Å². The monoisotopic (exact) mass is 250 g/mol. The Morgan fingerprint density at radius 3 is 2.79 bits per heavy atom. The molecule has 0 atom stereocenters. The van der Waals surface area contributed by atoms with Crippen molar-refractivity contribution in [1.82, 2.24) is 15.0 Å². The Kier molecular flexibility index (Phi) is 3.06. The van der Waals surface area contributed by atoms with Crippen LogP contribution in [0.15, 0.2) is 55.1 Å². The maximum atomic E-state index is 4.40. The van der Waals surface area contributed by atoms with E-state index in [0.717, 1.165) is 28.8 Å². The van der Waals surface area contributed by atoms with Gasteiger partial charge in [0.2, 0.25) is 0 Å². The summed E-state index contributed by atoms with van der Waals surface area (Å²) in [6.07, 6.45) is 5.26. The predicted molar refractivity (Wildman–Crippen MR) is 75.9 cm³/mol. The molecule has 0 bridgehead atoms. The average Bonchev–Trinajstić information content (AvgIpc) is 2.47. The van der Waals surface area contributed by atoms with E-state index < -0.39 is 0 Å². The van der Waals surface area contributed by atoms with Crippen LogP contribution in [0.4, 0.5) is 5.82 Å². The molecule has 2 heterocycles. The topological polar surface area (TPSA) is 41.9 Å². The highest BCUT2D eigenvalue weighted by atomic mass is 15.2. The van der Waals surface area contributed by atoms with Crippen LogP contribution in [0, 0.1) is 0 Å². The smallest absolute Gasteiger partial charge is 0.139 e. The number of aromatic nitrogens is 3. The molecule has 3 aromatic rings. The summed E-state index contributed by atoms with van der Waals surface area (Å²) in [5, 5.41) is 1.07. The SMILES string of the molecule is CN(Cc1cccnc1)c1ncnc2ccccc12. The van der Waals surface area contributed by atoms with Gasteiger partial charge in [0.25, 0.3) is 0 Å². The minimum atomic E-state index is 0.773. The van der Waals surface area contributed by atoms with Gasteiger partial charge in [0, 0.05) is 31.4 Å². The number of hydrogen-bond donors (Lipinski definition) is 0. The van der Waals surface area contributed by atoms with E-state index in [2.05, 4.69) is 25.9 Å². The lowest BCUT2D eigenvalue weighted by atomic mass is 10.2. The average molecular weight is 250 g/mol. The van der Waals surface area contributed by atoms with Crippen LogP contribution >= 0.6 is 0 Å². The van der Waals surface area contributed by atoms with Crippen molar-refractivity contribution in [2.75, 3.05) is 11.9 Å². The molecule has 0 amide bonds. The number of nitrogens with zero attached hydrogens (tertiary/aromatic N) is 4. The van der Waals surface area contributed by atoms with E-state index in [1.54, 1.807) is 12.5 Å². The summed E-state index contributed by atoms with van der Waals surface area (Å²) in [4.78, 5) is 14.9. The third-order valence-corrected chi connectivity index (χ3v) is 3.03. The minimum Gasteiger partial charge on any atom is -0.355 e. The Morgan fingerprint density at radius 1 is 1.05 bits per heavy atom. The zero-order chi connectivity index (χ0) is 13.1. The second kappa shape index (κ2) is 5.02. The molecule has 0 unspecified atom stereocenters. The van der Waals surface area contributed by atoms with Crippen LogP contribution in [0.1, 0.15) is 5.56 Å². The van der Waals surface area contributed by atoms with Crippen LogP contribution in [-0.4, -0.2) is 22.0 Å². The van der Waals surface area contributed by atoms with Gasteiger partial charge in [-0.1, -0.05) is 18.2 Å². The van der Waals surface area contributed by atoms with Crippen LogP contribution in [0.2, 0.25) is 0 Å². The Balaban J connectivity index is 1.96. The molecule has 0 aliphatic carbocycles. The summed E-state index contributed by atoms with van der Waals surface area (Å²) in [5.41, 5.74) is 2.12. The van der Waals surface area contributed by atoms with E-state index in [9.17, 15) is 0 Å². The highest BCUT2D eigenvalue weighted by Crippen LogP contribution is 2.22. The van der Waals surface area contributed by atoms with Gasteiger partial charge in [-0.2, -0.15) is 0 Å². The first-order chi connectivity index (χ1) is 9.34. The number of fused-ring (bicyclic) bond motifs is 1. The summed E-state index contributed by atoms with van der Waals surface area (Å²) in [5.74, 6) is 0.939. The molecular weight excluding hydrogens is 236 g/mol. The number of benzene rings is 1. The number of pyridine rings is 1. The molecule has 4 nitrogen and oxygen atoms in total. The normalized spacial score (nSPS) is 10.6. The van der Waals surface area contributed by atoms with Gasteiger partial charge in [-0.05, 0) is 23.8 Å². The lowest BCUT2D eigenvalue weighted by Crippen LogP contribution is -2.18. The fourth-order valence-corrected chi connectivity index (χ4v) is 2.14. The molecule has 0 fully saturated rings. The van der Waals surface area contributed by atoms with Crippen LogP contribution in [-0.2, 0) is 6.54 Å². The van der Waals surface area contributed by atoms with E-state index >= 15 is 0 Å². The van der Waals surface area contributed by atoms with Crippen LogP contribution < -0.4 is 4.90 Å². The Bertz CT molecular complexity index is 677. The van der Waals surface area contributed by atoms with Crippen molar-refractivity contribution < 1.29 is 0 Å². The standard InChI is InChI=1S/C15H14N4/c1-19(10-12-5-4-8-16-9-12)15-13-6-2-3-7-14(13)17-11-18-15/h2-9,11H,10H2,1H3. The predicted octanol–water partition coefficient (Wildman–Crippen LogP) is 2.66. The first-order valence-electron chi connectivity index (χ1n) is 6.14. The summed E-state index contributed by atoms with van der Waals surface area (Å²) >= 11 is 0. The third kappa shape index (κ3) is 2.38. The van der Waals surface area contributed by atoms with Gasteiger partial charge in [-0.15, -0.1) is 0 Å². The molecule has 2 aromatic heterocycles.